The number of H-pyrrole nitrogens is 1. The molecule has 0 radical (unpaired) electrons. The van der Waals surface area contributed by atoms with Gasteiger partial charge in [-0.05, 0) is 55.0 Å². The van der Waals surface area contributed by atoms with Crippen molar-refractivity contribution in [2.45, 2.75) is 50.3 Å². The Bertz CT molecular complexity index is 1290. The van der Waals surface area contributed by atoms with Gasteiger partial charge < -0.3 is 19.0 Å². The van der Waals surface area contributed by atoms with Gasteiger partial charge in [-0.1, -0.05) is 12.1 Å². The highest BCUT2D eigenvalue weighted by Gasteiger charge is 2.40. The van der Waals surface area contributed by atoms with Gasteiger partial charge in [0.15, 0.2) is 11.5 Å². The Hall–Kier alpha value is -3.42. The fourth-order valence-electron chi connectivity index (χ4n) is 5.01. The van der Waals surface area contributed by atoms with Crippen LogP contribution in [-0.2, 0) is 25.6 Å². The van der Waals surface area contributed by atoms with Crippen molar-refractivity contribution in [1.29, 1.82) is 0 Å². The highest BCUT2D eigenvalue weighted by molar-refractivity contribution is 5.77. The summed E-state index contributed by atoms with van der Waals surface area (Å²) in [5, 5.41) is 7.59. The SMILES string of the molecule is Cn1c(Cc2ccc3c(c2)CCO3)nc2cc(OC3CCC(F)(c4nnc[nH]4)CC3)ccc21. The molecule has 2 aromatic carbocycles. The minimum Gasteiger partial charge on any atom is -0.493 e. The molecule has 0 atom stereocenters. The number of nitrogens with one attached hydrogen (secondary N) is 1. The largest absolute Gasteiger partial charge is 0.493 e. The van der Waals surface area contributed by atoms with E-state index in [-0.39, 0.29) is 6.10 Å². The molecule has 0 bridgehead atoms. The molecule has 0 spiro atoms. The quantitative estimate of drug-likeness (QED) is 0.491. The molecule has 8 heteroatoms. The van der Waals surface area contributed by atoms with E-state index in [0.29, 0.717) is 31.5 Å². The first kappa shape index (κ1) is 20.2. The maximum Gasteiger partial charge on any atom is 0.170 e. The summed E-state index contributed by atoms with van der Waals surface area (Å²) in [6, 6.07) is 12.4. The molecule has 0 amide bonds. The van der Waals surface area contributed by atoms with Gasteiger partial charge >= 0.3 is 0 Å². The zero-order chi connectivity index (χ0) is 22.4. The summed E-state index contributed by atoms with van der Waals surface area (Å²) in [7, 11) is 2.05. The van der Waals surface area contributed by atoms with Gasteiger partial charge in [0.05, 0.1) is 23.7 Å². The highest BCUT2D eigenvalue weighted by Crippen LogP contribution is 2.40. The fraction of sp³-hybridized carbons (Fsp3) is 0.400. The van der Waals surface area contributed by atoms with E-state index in [2.05, 4.69) is 44.0 Å². The van der Waals surface area contributed by atoms with Gasteiger partial charge in [-0.25, -0.2) is 9.37 Å². The Morgan fingerprint density at radius 3 is 2.91 bits per heavy atom. The van der Waals surface area contributed by atoms with Gasteiger partial charge in [0, 0.05) is 26.0 Å². The molecule has 0 unspecified atom stereocenters. The van der Waals surface area contributed by atoms with Crippen LogP contribution in [0.3, 0.4) is 0 Å². The summed E-state index contributed by atoms with van der Waals surface area (Å²) in [5.41, 5.74) is 3.04. The number of aromatic amines is 1. The van der Waals surface area contributed by atoms with Crippen LogP contribution >= 0.6 is 0 Å². The summed E-state index contributed by atoms with van der Waals surface area (Å²) in [4.78, 5) is 7.70. The van der Waals surface area contributed by atoms with Crippen LogP contribution < -0.4 is 9.47 Å². The van der Waals surface area contributed by atoms with E-state index in [1.807, 2.05) is 19.2 Å². The lowest BCUT2D eigenvalue weighted by molar-refractivity contribution is 0.0367. The molecule has 1 aliphatic heterocycles. The topological polar surface area (TPSA) is 77.8 Å². The van der Waals surface area contributed by atoms with Gasteiger partial charge in [-0.15, -0.1) is 10.2 Å². The number of halogens is 1. The Morgan fingerprint density at radius 2 is 2.09 bits per heavy atom. The lowest BCUT2D eigenvalue weighted by Crippen LogP contribution is -2.33. The van der Waals surface area contributed by atoms with Crippen molar-refractivity contribution in [2.24, 2.45) is 7.05 Å². The van der Waals surface area contributed by atoms with Crippen molar-refractivity contribution in [3.05, 3.63) is 65.5 Å². The van der Waals surface area contributed by atoms with Crippen LogP contribution in [0.5, 0.6) is 11.5 Å². The maximum atomic E-state index is 15.1. The standard InChI is InChI=1S/C25H26FN5O2/c1-31-21-4-3-19(33-18-6-9-25(26,10-7-18)24-27-15-28-30-24)14-20(21)29-23(31)13-16-2-5-22-17(12-16)8-11-32-22/h2-5,12,14-15,18H,6-11,13H2,1H3,(H,27,28,30). The summed E-state index contributed by atoms with van der Waals surface area (Å²) in [6.45, 7) is 0.765. The number of alkyl halides is 1. The van der Waals surface area contributed by atoms with E-state index in [1.165, 1.54) is 17.5 Å². The van der Waals surface area contributed by atoms with Gasteiger partial charge in [-0.2, -0.15) is 0 Å². The van der Waals surface area contributed by atoms with Crippen LogP contribution in [0.25, 0.3) is 11.0 Å². The van der Waals surface area contributed by atoms with E-state index in [4.69, 9.17) is 14.5 Å². The number of fused-ring (bicyclic) bond motifs is 2. The minimum absolute atomic E-state index is 0.0222. The molecule has 7 nitrogen and oxygen atoms in total. The smallest absolute Gasteiger partial charge is 0.170 e. The van der Waals surface area contributed by atoms with E-state index in [1.54, 1.807) is 0 Å². The molecule has 4 aromatic rings. The molecule has 1 fully saturated rings. The first-order valence-corrected chi connectivity index (χ1v) is 11.5. The van der Waals surface area contributed by atoms with E-state index >= 15 is 4.39 Å². The first-order valence-electron chi connectivity index (χ1n) is 11.5. The number of ether oxygens (including phenoxy) is 2. The van der Waals surface area contributed by atoms with Crippen molar-refractivity contribution in [1.82, 2.24) is 24.7 Å². The van der Waals surface area contributed by atoms with Crippen LogP contribution in [0.4, 0.5) is 4.39 Å². The molecule has 1 saturated carbocycles. The Labute approximate surface area is 191 Å². The predicted molar refractivity (Wildman–Crippen MR) is 121 cm³/mol. The fourth-order valence-corrected chi connectivity index (χ4v) is 5.01. The van der Waals surface area contributed by atoms with Crippen LogP contribution in [0.2, 0.25) is 0 Å². The molecule has 170 valence electrons. The van der Waals surface area contributed by atoms with E-state index in [9.17, 15) is 0 Å². The van der Waals surface area contributed by atoms with Crippen LogP contribution in [0.15, 0.2) is 42.7 Å². The monoisotopic (exact) mass is 447 g/mol. The maximum absolute atomic E-state index is 15.1. The van der Waals surface area contributed by atoms with E-state index in [0.717, 1.165) is 47.8 Å². The van der Waals surface area contributed by atoms with Crippen molar-refractivity contribution < 1.29 is 13.9 Å². The van der Waals surface area contributed by atoms with E-state index < -0.39 is 5.67 Å². The molecule has 1 aliphatic carbocycles. The lowest BCUT2D eigenvalue weighted by Gasteiger charge is -2.32. The van der Waals surface area contributed by atoms with Gasteiger partial charge in [-0.3, -0.25) is 0 Å². The molecule has 0 saturated heterocycles. The third-order valence-corrected chi connectivity index (χ3v) is 6.93. The summed E-state index contributed by atoms with van der Waals surface area (Å²) < 4.78 is 29.1. The van der Waals surface area contributed by atoms with Gasteiger partial charge in [0.1, 0.15) is 23.7 Å². The van der Waals surface area contributed by atoms with Crippen molar-refractivity contribution in [3.63, 3.8) is 0 Å². The van der Waals surface area contributed by atoms with Crippen LogP contribution in [0.1, 0.15) is 48.5 Å². The second-order valence-electron chi connectivity index (χ2n) is 9.07. The molecule has 1 N–H and O–H groups in total. The average molecular weight is 448 g/mol. The van der Waals surface area contributed by atoms with Crippen LogP contribution in [-0.4, -0.2) is 37.4 Å². The average Bonchev–Trinajstić information content (AvgIpc) is 3.57. The predicted octanol–water partition coefficient (Wildman–Crippen LogP) is 4.40. The summed E-state index contributed by atoms with van der Waals surface area (Å²) in [6.07, 6.45) is 5.13. The van der Waals surface area contributed by atoms with Crippen molar-refractivity contribution >= 4 is 11.0 Å². The minimum atomic E-state index is -1.44. The number of imidazole rings is 1. The normalized spacial score (nSPS) is 22.3. The van der Waals surface area contributed by atoms with Crippen molar-refractivity contribution in [3.8, 4) is 11.5 Å². The molecule has 2 aliphatic rings. The molecule has 3 heterocycles. The van der Waals surface area contributed by atoms with Gasteiger partial charge in [0.2, 0.25) is 0 Å². The van der Waals surface area contributed by atoms with Gasteiger partial charge in [0.25, 0.3) is 0 Å². The number of aryl methyl sites for hydroxylation is 1. The number of benzene rings is 2. The second kappa shape index (κ2) is 7.86. The number of aromatic nitrogens is 5. The summed E-state index contributed by atoms with van der Waals surface area (Å²) >= 11 is 0. The third kappa shape index (κ3) is 3.73. The Morgan fingerprint density at radius 1 is 1.21 bits per heavy atom. The zero-order valence-corrected chi connectivity index (χ0v) is 18.6. The van der Waals surface area contributed by atoms with Crippen LogP contribution in [0, 0.1) is 0 Å². The lowest BCUT2D eigenvalue weighted by atomic mass is 9.84. The molecular weight excluding hydrogens is 421 g/mol. The summed E-state index contributed by atoms with van der Waals surface area (Å²) in [5.74, 6) is 3.10. The second-order valence-corrected chi connectivity index (χ2v) is 9.07. The number of rotatable bonds is 5. The highest BCUT2D eigenvalue weighted by atomic mass is 19.1. The number of hydrogen-bond acceptors (Lipinski definition) is 5. The molecule has 6 rings (SSSR count). The molecular formula is C25H26FN5O2. The Kier molecular flexibility index (Phi) is 4.81. The zero-order valence-electron chi connectivity index (χ0n) is 18.6. The number of nitrogens with zero attached hydrogens (tertiary/aromatic N) is 4. The number of hydrogen-bond donors (Lipinski definition) is 1. The molecule has 2 aromatic heterocycles. The van der Waals surface area contributed by atoms with Crippen molar-refractivity contribution in [2.75, 3.05) is 6.61 Å². The third-order valence-electron chi connectivity index (χ3n) is 6.93. The Balaban J connectivity index is 1.16. The first-order chi connectivity index (χ1) is 16.1. The molecule has 33 heavy (non-hydrogen) atoms.